The number of rotatable bonds is 2. The predicted octanol–water partition coefficient (Wildman–Crippen LogP) is 5.75. The van der Waals surface area contributed by atoms with E-state index in [0.29, 0.717) is 26.5 Å². The Balaban J connectivity index is 2.06. The van der Waals surface area contributed by atoms with Gasteiger partial charge in [0.15, 0.2) is 5.69 Å². The molecule has 2 aromatic heterocycles. The molecular weight excluding hydrogens is 403 g/mol. The first-order chi connectivity index (χ1) is 12.0. The van der Waals surface area contributed by atoms with E-state index in [2.05, 4.69) is 5.10 Å². The minimum absolute atomic E-state index is 0.0541. The average Bonchev–Trinajstić information content (AvgIpc) is 3.03. The fourth-order valence-corrected chi connectivity index (χ4v) is 5.00. The third-order valence-corrected chi connectivity index (χ3v) is 6.04. The van der Waals surface area contributed by atoms with Crippen LogP contribution in [-0.2, 0) is 12.8 Å². The zero-order valence-corrected chi connectivity index (χ0v) is 15.8. The molecule has 0 atom stereocenters. The summed E-state index contributed by atoms with van der Waals surface area (Å²) < 4.78 is 2.28. The molecule has 0 bridgehead atoms. The van der Waals surface area contributed by atoms with Crippen LogP contribution in [0, 0.1) is 0 Å². The number of carbonyl (C=O) groups is 1. The van der Waals surface area contributed by atoms with Crippen LogP contribution in [0.4, 0.5) is 0 Å². The summed E-state index contributed by atoms with van der Waals surface area (Å²) in [6.45, 7) is 0. The lowest BCUT2D eigenvalue weighted by atomic mass is 10.1. The molecule has 0 unspecified atom stereocenters. The van der Waals surface area contributed by atoms with Crippen LogP contribution < -0.4 is 0 Å². The molecule has 25 heavy (non-hydrogen) atoms. The van der Waals surface area contributed by atoms with Gasteiger partial charge in [-0.3, -0.25) is 0 Å². The summed E-state index contributed by atoms with van der Waals surface area (Å²) >= 11 is 20.0. The Morgan fingerprint density at radius 3 is 2.72 bits per heavy atom. The first kappa shape index (κ1) is 16.9. The van der Waals surface area contributed by atoms with Crippen LogP contribution >= 0.6 is 46.1 Å². The number of nitrogens with zero attached hydrogens (tertiary/aromatic N) is 2. The fourth-order valence-electron chi connectivity index (χ4n) is 3.16. The second-order valence-corrected chi connectivity index (χ2v) is 8.27. The van der Waals surface area contributed by atoms with E-state index in [1.54, 1.807) is 22.9 Å². The normalized spacial score (nSPS) is 13.2. The van der Waals surface area contributed by atoms with Gasteiger partial charge in [0.2, 0.25) is 0 Å². The van der Waals surface area contributed by atoms with Gasteiger partial charge in [0.05, 0.1) is 25.6 Å². The third-order valence-electron chi connectivity index (χ3n) is 4.19. The van der Waals surface area contributed by atoms with Gasteiger partial charge >= 0.3 is 5.97 Å². The Bertz CT molecular complexity index is 1010. The lowest BCUT2D eigenvalue weighted by Crippen LogP contribution is -2.04. The standard InChI is InChI=1S/C17H11Cl3N2O2S/c18-9-4-5-12(11(19)7-9)22-15-10(14(21-22)17(23)24)3-1-2-8-6-13(20)25-16(8)15/h4-7H,1-3H2,(H,23,24). The molecule has 0 saturated heterocycles. The monoisotopic (exact) mass is 412 g/mol. The number of aryl methyl sites for hydroxylation is 1. The number of aromatic nitrogens is 2. The van der Waals surface area contributed by atoms with Gasteiger partial charge in [-0.2, -0.15) is 5.10 Å². The van der Waals surface area contributed by atoms with Crippen LogP contribution in [0.3, 0.4) is 0 Å². The number of fused-ring (bicyclic) bond motifs is 3. The van der Waals surface area contributed by atoms with E-state index in [9.17, 15) is 9.90 Å². The number of carboxylic acid groups (broad SMARTS) is 1. The minimum Gasteiger partial charge on any atom is -0.476 e. The SMILES string of the molecule is O=C(O)c1nn(-c2ccc(Cl)cc2Cl)c2c1CCCc1cc(Cl)sc1-2. The molecule has 3 aromatic rings. The van der Waals surface area contributed by atoms with Crippen molar-refractivity contribution in [3.8, 4) is 16.3 Å². The highest BCUT2D eigenvalue weighted by Crippen LogP contribution is 2.43. The molecule has 8 heteroatoms. The summed E-state index contributed by atoms with van der Waals surface area (Å²) in [6.07, 6.45) is 2.33. The summed E-state index contributed by atoms with van der Waals surface area (Å²) in [4.78, 5) is 12.7. The quantitative estimate of drug-likeness (QED) is 0.582. The zero-order valence-electron chi connectivity index (χ0n) is 12.7. The van der Waals surface area contributed by atoms with Crippen LogP contribution in [0.25, 0.3) is 16.3 Å². The lowest BCUT2D eigenvalue weighted by molar-refractivity contribution is 0.0688. The molecule has 2 heterocycles. The van der Waals surface area contributed by atoms with Gasteiger partial charge in [0.1, 0.15) is 0 Å². The lowest BCUT2D eigenvalue weighted by Gasteiger charge is -2.10. The van der Waals surface area contributed by atoms with E-state index in [1.807, 2.05) is 6.07 Å². The zero-order chi connectivity index (χ0) is 17.7. The van der Waals surface area contributed by atoms with Crippen LogP contribution in [0.15, 0.2) is 24.3 Å². The number of hydrogen-bond donors (Lipinski definition) is 1. The van der Waals surface area contributed by atoms with E-state index in [0.717, 1.165) is 34.5 Å². The molecule has 0 amide bonds. The Labute approximate surface area is 162 Å². The predicted molar refractivity (Wildman–Crippen MR) is 101 cm³/mol. The van der Waals surface area contributed by atoms with Gasteiger partial charge < -0.3 is 5.11 Å². The summed E-state index contributed by atoms with van der Waals surface area (Å²) in [7, 11) is 0. The van der Waals surface area contributed by atoms with Crippen molar-refractivity contribution in [2.24, 2.45) is 0 Å². The van der Waals surface area contributed by atoms with Crippen molar-refractivity contribution in [2.75, 3.05) is 0 Å². The smallest absolute Gasteiger partial charge is 0.356 e. The van der Waals surface area contributed by atoms with Gasteiger partial charge in [0, 0.05) is 10.6 Å². The molecule has 0 fully saturated rings. The Hall–Kier alpha value is -1.53. The summed E-state index contributed by atoms with van der Waals surface area (Å²) in [5, 5.41) is 14.9. The fraction of sp³-hybridized carbons (Fsp3) is 0.176. The van der Waals surface area contributed by atoms with Gasteiger partial charge in [0.25, 0.3) is 0 Å². The summed E-state index contributed by atoms with van der Waals surface area (Å²) in [5.41, 5.74) is 3.23. The molecule has 1 aliphatic rings. The molecular formula is C17H11Cl3N2O2S. The third kappa shape index (κ3) is 2.85. The summed E-state index contributed by atoms with van der Waals surface area (Å²) in [6, 6.07) is 7.00. The molecule has 1 N–H and O–H groups in total. The van der Waals surface area contributed by atoms with Crippen molar-refractivity contribution in [1.29, 1.82) is 0 Å². The van der Waals surface area contributed by atoms with Crippen molar-refractivity contribution in [3.05, 3.63) is 55.5 Å². The molecule has 1 aromatic carbocycles. The van der Waals surface area contributed by atoms with Crippen LogP contribution in [0.1, 0.15) is 28.0 Å². The second kappa shape index (κ2) is 6.32. The average molecular weight is 414 g/mol. The van der Waals surface area contributed by atoms with E-state index in [1.165, 1.54) is 11.3 Å². The maximum atomic E-state index is 11.7. The molecule has 0 radical (unpaired) electrons. The van der Waals surface area contributed by atoms with Crippen molar-refractivity contribution < 1.29 is 9.90 Å². The highest BCUT2D eigenvalue weighted by atomic mass is 35.5. The number of thiophene rings is 1. The highest BCUT2D eigenvalue weighted by molar-refractivity contribution is 7.19. The summed E-state index contributed by atoms with van der Waals surface area (Å²) in [5.74, 6) is -1.05. The van der Waals surface area contributed by atoms with Crippen LogP contribution in [-0.4, -0.2) is 20.9 Å². The topological polar surface area (TPSA) is 55.1 Å². The number of halogens is 3. The molecule has 4 rings (SSSR count). The van der Waals surface area contributed by atoms with Crippen molar-refractivity contribution >= 4 is 52.1 Å². The van der Waals surface area contributed by atoms with Crippen molar-refractivity contribution in [1.82, 2.24) is 9.78 Å². The van der Waals surface area contributed by atoms with Gasteiger partial charge in [-0.05, 0) is 49.1 Å². The molecule has 0 spiro atoms. The maximum Gasteiger partial charge on any atom is 0.356 e. The first-order valence-electron chi connectivity index (χ1n) is 7.55. The Morgan fingerprint density at radius 2 is 2.00 bits per heavy atom. The van der Waals surface area contributed by atoms with Crippen molar-refractivity contribution in [3.63, 3.8) is 0 Å². The highest BCUT2D eigenvalue weighted by Gasteiger charge is 2.29. The van der Waals surface area contributed by atoms with Crippen LogP contribution in [0.5, 0.6) is 0 Å². The van der Waals surface area contributed by atoms with E-state index >= 15 is 0 Å². The van der Waals surface area contributed by atoms with E-state index in [-0.39, 0.29) is 5.69 Å². The molecule has 0 aliphatic heterocycles. The van der Waals surface area contributed by atoms with Gasteiger partial charge in [-0.1, -0.05) is 34.8 Å². The Morgan fingerprint density at radius 1 is 1.20 bits per heavy atom. The Kier molecular flexibility index (Phi) is 4.28. The molecule has 128 valence electrons. The van der Waals surface area contributed by atoms with Gasteiger partial charge in [-0.25, -0.2) is 9.48 Å². The number of hydrogen-bond acceptors (Lipinski definition) is 3. The first-order valence-corrected chi connectivity index (χ1v) is 9.50. The largest absolute Gasteiger partial charge is 0.476 e. The van der Waals surface area contributed by atoms with Gasteiger partial charge in [-0.15, -0.1) is 11.3 Å². The van der Waals surface area contributed by atoms with Crippen molar-refractivity contribution in [2.45, 2.75) is 19.3 Å². The van der Waals surface area contributed by atoms with E-state index < -0.39 is 5.97 Å². The second-order valence-electron chi connectivity index (χ2n) is 5.75. The van der Waals surface area contributed by atoms with E-state index in [4.69, 9.17) is 34.8 Å². The minimum atomic E-state index is -1.05. The number of benzene rings is 1. The molecule has 0 saturated carbocycles. The molecule has 4 nitrogen and oxygen atoms in total. The van der Waals surface area contributed by atoms with Crippen LogP contribution in [0.2, 0.25) is 14.4 Å². The molecule has 1 aliphatic carbocycles. The maximum absolute atomic E-state index is 11.7. The number of aromatic carboxylic acids is 1. The number of carboxylic acids is 1.